The van der Waals surface area contributed by atoms with Crippen LogP contribution in [-0.2, 0) is 0 Å². The van der Waals surface area contributed by atoms with E-state index in [0.29, 0.717) is 5.02 Å². The van der Waals surface area contributed by atoms with Crippen molar-refractivity contribution in [1.82, 2.24) is 5.32 Å². The van der Waals surface area contributed by atoms with Crippen molar-refractivity contribution in [3.63, 3.8) is 0 Å². The maximum absolute atomic E-state index is 11.7. The summed E-state index contributed by atoms with van der Waals surface area (Å²) in [6, 6.07) is 4.24. The number of carbonyl (C=O) groups is 1. The van der Waals surface area contributed by atoms with Crippen molar-refractivity contribution >= 4 is 17.5 Å². The van der Waals surface area contributed by atoms with Gasteiger partial charge in [0.2, 0.25) is 0 Å². The van der Waals surface area contributed by atoms with Gasteiger partial charge in [-0.15, -0.1) is 0 Å². The molecule has 0 bridgehead atoms. The third kappa shape index (κ3) is 3.91. The first kappa shape index (κ1) is 13.8. The van der Waals surface area contributed by atoms with Gasteiger partial charge in [0.05, 0.1) is 11.7 Å². The predicted octanol–water partition coefficient (Wildman–Crippen LogP) is 1.79. The van der Waals surface area contributed by atoms with E-state index in [1.165, 1.54) is 18.2 Å². The van der Waals surface area contributed by atoms with E-state index in [2.05, 4.69) is 5.32 Å². The van der Waals surface area contributed by atoms with Crippen LogP contribution in [0, 0.1) is 5.92 Å². The maximum atomic E-state index is 11.7. The molecule has 1 atom stereocenters. The molecule has 17 heavy (non-hydrogen) atoms. The number of nitrogens with one attached hydrogen (secondary N) is 1. The molecule has 4 nitrogen and oxygen atoms in total. The van der Waals surface area contributed by atoms with E-state index in [9.17, 15) is 15.0 Å². The van der Waals surface area contributed by atoms with Crippen molar-refractivity contribution in [2.75, 3.05) is 6.54 Å². The van der Waals surface area contributed by atoms with Crippen molar-refractivity contribution in [1.29, 1.82) is 0 Å². The zero-order chi connectivity index (χ0) is 13.0. The van der Waals surface area contributed by atoms with E-state index in [4.69, 9.17) is 11.6 Å². The Bertz CT molecular complexity index is 407. The number of phenols is 1. The molecule has 1 aromatic rings. The van der Waals surface area contributed by atoms with E-state index in [1.807, 2.05) is 13.8 Å². The minimum Gasteiger partial charge on any atom is -0.507 e. The fraction of sp³-hybridized carbons (Fsp3) is 0.417. The molecule has 94 valence electrons. The molecule has 0 aromatic heterocycles. The first-order chi connectivity index (χ1) is 7.91. The van der Waals surface area contributed by atoms with E-state index >= 15 is 0 Å². The van der Waals surface area contributed by atoms with Crippen molar-refractivity contribution in [2.45, 2.75) is 20.0 Å². The number of aliphatic hydroxyl groups is 1. The number of hydrogen-bond acceptors (Lipinski definition) is 3. The standard InChI is InChI=1S/C12H16ClNO3/c1-7(2)11(16)6-14-12(17)9-5-8(13)3-4-10(9)15/h3-5,7,11,15-16H,6H2,1-2H3,(H,14,17). The number of aliphatic hydroxyl groups excluding tert-OH is 1. The summed E-state index contributed by atoms with van der Waals surface area (Å²) in [6.07, 6.45) is -0.611. The number of carbonyl (C=O) groups excluding carboxylic acids is 1. The van der Waals surface area contributed by atoms with Crippen LogP contribution in [0.1, 0.15) is 24.2 Å². The van der Waals surface area contributed by atoms with Crippen LogP contribution in [0.5, 0.6) is 5.75 Å². The van der Waals surface area contributed by atoms with Gasteiger partial charge in [0.1, 0.15) is 5.75 Å². The zero-order valence-electron chi connectivity index (χ0n) is 9.77. The normalized spacial score (nSPS) is 12.5. The Kier molecular flexibility index (Phi) is 4.78. The molecule has 0 radical (unpaired) electrons. The van der Waals surface area contributed by atoms with Gasteiger partial charge in [-0.2, -0.15) is 0 Å². The predicted molar refractivity (Wildman–Crippen MR) is 66.3 cm³/mol. The molecule has 1 unspecified atom stereocenters. The van der Waals surface area contributed by atoms with E-state index in [-0.39, 0.29) is 23.8 Å². The summed E-state index contributed by atoms with van der Waals surface area (Å²) in [4.78, 5) is 11.7. The van der Waals surface area contributed by atoms with Crippen LogP contribution in [-0.4, -0.2) is 28.8 Å². The molecule has 0 heterocycles. The van der Waals surface area contributed by atoms with Crippen LogP contribution < -0.4 is 5.32 Å². The highest BCUT2D eigenvalue weighted by atomic mass is 35.5. The lowest BCUT2D eigenvalue weighted by atomic mass is 10.1. The van der Waals surface area contributed by atoms with E-state index < -0.39 is 12.0 Å². The van der Waals surface area contributed by atoms with Crippen molar-refractivity contribution in [3.8, 4) is 5.75 Å². The van der Waals surface area contributed by atoms with Crippen LogP contribution in [0.4, 0.5) is 0 Å². The number of halogens is 1. The highest BCUT2D eigenvalue weighted by Gasteiger charge is 2.14. The second-order valence-corrected chi connectivity index (χ2v) is 4.62. The van der Waals surface area contributed by atoms with Crippen molar-refractivity contribution in [2.24, 2.45) is 5.92 Å². The van der Waals surface area contributed by atoms with Gasteiger partial charge >= 0.3 is 0 Å². The summed E-state index contributed by atoms with van der Waals surface area (Å²) in [5.41, 5.74) is 0.105. The second-order valence-electron chi connectivity index (χ2n) is 4.18. The van der Waals surface area contributed by atoms with Gasteiger partial charge in [-0.3, -0.25) is 4.79 Å². The number of aromatic hydroxyl groups is 1. The molecule has 1 amide bonds. The summed E-state index contributed by atoms with van der Waals surface area (Å²) in [5, 5.41) is 22.0. The molecule has 1 rings (SSSR count). The summed E-state index contributed by atoms with van der Waals surface area (Å²) >= 11 is 5.73. The van der Waals surface area contributed by atoms with Crippen LogP contribution in [0.25, 0.3) is 0 Å². The lowest BCUT2D eigenvalue weighted by molar-refractivity contribution is 0.0869. The summed E-state index contributed by atoms with van der Waals surface area (Å²) < 4.78 is 0. The fourth-order valence-corrected chi connectivity index (χ4v) is 1.39. The number of hydrogen-bond donors (Lipinski definition) is 3. The van der Waals surface area contributed by atoms with Gasteiger partial charge in [-0.1, -0.05) is 25.4 Å². The Morgan fingerprint density at radius 1 is 1.47 bits per heavy atom. The molecule has 0 aliphatic heterocycles. The Balaban J connectivity index is 2.67. The SMILES string of the molecule is CC(C)C(O)CNC(=O)c1cc(Cl)ccc1O. The maximum Gasteiger partial charge on any atom is 0.255 e. The fourth-order valence-electron chi connectivity index (χ4n) is 1.22. The average Bonchev–Trinajstić information content (AvgIpc) is 2.28. The monoisotopic (exact) mass is 257 g/mol. The number of amides is 1. The highest BCUT2D eigenvalue weighted by Crippen LogP contribution is 2.21. The van der Waals surface area contributed by atoms with Crippen LogP contribution in [0.2, 0.25) is 5.02 Å². The summed E-state index contributed by atoms with van der Waals surface area (Å²) in [6.45, 7) is 3.85. The molecule has 1 aromatic carbocycles. The smallest absolute Gasteiger partial charge is 0.255 e. The zero-order valence-corrected chi connectivity index (χ0v) is 10.5. The third-order valence-electron chi connectivity index (χ3n) is 2.44. The third-order valence-corrected chi connectivity index (χ3v) is 2.68. The molecule has 5 heteroatoms. The lowest BCUT2D eigenvalue weighted by Gasteiger charge is -2.15. The first-order valence-electron chi connectivity index (χ1n) is 5.36. The van der Waals surface area contributed by atoms with E-state index in [0.717, 1.165) is 0 Å². The molecule has 0 fully saturated rings. The van der Waals surface area contributed by atoms with Gasteiger partial charge < -0.3 is 15.5 Å². The molecule has 0 aliphatic carbocycles. The molecule has 0 saturated heterocycles. The van der Waals surface area contributed by atoms with Crippen LogP contribution in [0.15, 0.2) is 18.2 Å². The number of benzene rings is 1. The molecule has 3 N–H and O–H groups in total. The summed E-state index contributed by atoms with van der Waals surface area (Å²) in [5.74, 6) is -0.529. The minimum absolute atomic E-state index is 0.0586. The second kappa shape index (κ2) is 5.89. The van der Waals surface area contributed by atoms with Gasteiger partial charge in [0.15, 0.2) is 0 Å². The van der Waals surface area contributed by atoms with Crippen molar-refractivity contribution in [3.05, 3.63) is 28.8 Å². The Labute approximate surface area is 105 Å². The van der Waals surface area contributed by atoms with Gasteiger partial charge in [0.25, 0.3) is 5.91 Å². The largest absolute Gasteiger partial charge is 0.507 e. The van der Waals surface area contributed by atoms with Gasteiger partial charge in [0, 0.05) is 11.6 Å². The molecule has 0 aliphatic rings. The van der Waals surface area contributed by atoms with Gasteiger partial charge in [-0.25, -0.2) is 0 Å². The van der Waals surface area contributed by atoms with Crippen LogP contribution in [0.3, 0.4) is 0 Å². The molecule has 0 saturated carbocycles. The Hall–Kier alpha value is -1.26. The number of phenolic OH excluding ortho intramolecular Hbond substituents is 1. The average molecular weight is 258 g/mol. The number of rotatable bonds is 4. The first-order valence-corrected chi connectivity index (χ1v) is 5.74. The lowest BCUT2D eigenvalue weighted by Crippen LogP contribution is -2.34. The van der Waals surface area contributed by atoms with E-state index in [1.54, 1.807) is 0 Å². The quantitative estimate of drug-likeness (QED) is 0.770. The molecular formula is C12H16ClNO3. The molecule has 0 spiro atoms. The molecular weight excluding hydrogens is 242 g/mol. The van der Waals surface area contributed by atoms with Crippen molar-refractivity contribution < 1.29 is 15.0 Å². The van der Waals surface area contributed by atoms with Gasteiger partial charge in [-0.05, 0) is 24.1 Å². The highest BCUT2D eigenvalue weighted by molar-refractivity contribution is 6.31. The summed E-state index contributed by atoms with van der Waals surface area (Å²) in [7, 11) is 0. The Morgan fingerprint density at radius 3 is 2.71 bits per heavy atom. The van der Waals surface area contributed by atoms with Crippen LogP contribution >= 0.6 is 11.6 Å². The topological polar surface area (TPSA) is 69.6 Å². The minimum atomic E-state index is -0.611. The Morgan fingerprint density at radius 2 is 2.12 bits per heavy atom.